The van der Waals surface area contributed by atoms with Crippen LogP contribution in [0.15, 0.2) is 23.1 Å². The zero-order valence-corrected chi connectivity index (χ0v) is 17.5. The van der Waals surface area contributed by atoms with Crippen molar-refractivity contribution in [2.75, 3.05) is 25.0 Å². The van der Waals surface area contributed by atoms with Crippen LogP contribution in [0, 0.1) is 13.8 Å². The van der Waals surface area contributed by atoms with Gasteiger partial charge >= 0.3 is 0 Å². The average Bonchev–Trinajstić information content (AvgIpc) is 3.26. The van der Waals surface area contributed by atoms with E-state index in [1.54, 1.807) is 37.7 Å². The maximum atomic E-state index is 13.1. The molecule has 1 N–H and O–H groups in total. The van der Waals surface area contributed by atoms with Crippen LogP contribution in [0.5, 0.6) is 5.75 Å². The largest absolute Gasteiger partial charge is 0.492 e. The molecule has 0 unspecified atom stereocenters. The molecule has 1 fully saturated rings. The van der Waals surface area contributed by atoms with Gasteiger partial charge in [0.15, 0.2) is 0 Å². The van der Waals surface area contributed by atoms with Gasteiger partial charge in [-0.25, -0.2) is 8.42 Å². The highest BCUT2D eigenvalue weighted by Gasteiger charge is 2.30. The summed E-state index contributed by atoms with van der Waals surface area (Å²) in [6.07, 6.45) is 1.69. The first-order valence-corrected chi connectivity index (χ1v) is 10.8. The van der Waals surface area contributed by atoms with Gasteiger partial charge in [0.05, 0.1) is 17.9 Å². The van der Waals surface area contributed by atoms with Gasteiger partial charge in [0, 0.05) is 31.5 Å². The highest BCUT2D eigenvalue weighted by molar-refractivity contribution is 7.89. The molecule has 0 spiro atoms. The quantitative estimate of drug-likeness (QED) is 0.795. The van der Waals surface area contributed by atoms with E-state index in [9.17, 15) is 13.2 Å². The van der Waals surface area contributed by atoms with Gasteiger partial charge in [-0.2, -0.15) is 9.40 Å². The van der Waals surface area contributed by atoms with E-state index < -0.39 is 10.0 Å². The molecule has 1 amide bonds. The molecule has 0 saturated carbocycles. The Kier molecular flexibility index (Phi) is 5.76. The van der Waals surface area contributed by atoms with Gasteiger partial charge < -0.3 is 10.1 Å². The van der Waals surface area contributed by atoms with Crippen molar-refractivity contribution in [3.8, 4) is 5.75 Å². The predicted octanol–water partition coefficient (Wildman–Crippen LogP) is 2.47. The summed E-state index contributed by atoms with van der Waals surface area (Å²) in [5.74, 6) is -0.0297. The zero-order valence-electron chi connectivity index (χ0n) is 16.7. The molecule has 152 valence electrons. The number of nitrogens with zero attached hydrogens (tertiary/aromatic N) is 3. The number of hydrogen-bond donors (Lipinski definition) is 1. The number of aryl methyl sites for hydroxylation is 2. The summed E-state index contributed by atoms with van der Waals surface area (Å²) in [4.78, 5) is 12.8. The van der Waals surface area contributed by atoms with Gasteiger partial charge in [0.25, 0.3) is 5.91 Å². The first-order valence-electron chi connectivity index (χ1n) is 9.34. The minimum Gasteiger partial charge on any atom is -0.492 e. The number of amides is 1. The van der Waals surface area contributed by atoms with Gasteiger partial charge in [-0.1, -0.05) is 0 Å². The standard InChI is InChI=1S/C19H26N4O4S/c1-5-27-16-9-8-15(12-17(16)28(25,26)23-10-6-7-11-23)20-19(24)18-13(2)21-22(4)14(18)3/h8-9,12H,5-7,10-11H2,1-4H3,(H,20,24). The van der Waals surface area contributed by atoms with Gasteiger partial charge in [0.2, 0.25) is 10.0 Å². The lowest BCUT2D eigenvalue weighted by Gasteiger charge is -2.19. The molecule has 3 rings (SSSR count). The Bertz CT molecular complexity index is 992. The highest BCUT2D eigenvalue weighted by atomic mass is 32.2. The molecule has 0 bridgehead atoms. The van der Waals surface area contributed by atoms with Crippen LogP contribution in [0.25, 0.3) is 0 Å². The SMILES string of the molecule is CCOc1ccc(NC(=O)c2c(C)nn(C)c2C)cc1S(=O)(=O)N1CCCC1. The minimum atomic E-state index is -3.69. The Balaban J connectivity index is 1.96. The van der Waals surface area contributed by atoms with Crippen LogP contribution in [0.3, 0.4) is 0 Å². The van der Waals surface area contributed by atoms with Crippen LogP contribution in [-0.4, -0.2) is 48.1 Å². The third-order valence-corrected chi connectivity index (χ3v) is 6.84. The Morgan fingerprint density at radius 2 is 1.93 bits per heavy atom. The number of carbonyl (C=O) groups is 1. The molecular formula is C19H26N4O4S. The summed E-state index contributed by atoms with van der Waals surface area (Å²) in [7, 11) is -1.91. The highest BCUT2D eigenvalue weighted by Crippen LogP contribution is 2.32. The van der Waals surface area contributed by atoms with Crippen molar-refractivity contribution in [3.63, 3.8) is 0 Å². The van der Waals surface area contributed by atoms with Crippen molar-refractivity contribution >= 4 is 21.6 Å². The topological polar surface area (TPSA) is 93.5 Å². The van der Waals surface area contributed by atoms with E-state index in [1.165, 1.54) is 10.4 Å². The molecular weight excluding hydrogens is 380 g/mol. The molecule has 0 aliphatic carbocycles. The molecule has 1 aromatic heterocycles. The second-order valence-corrected chi connectivity index (χ2v) is 8.74. The summed E-state index contributed by atoms with van der Waals surface area (Å²) in [5.41, 5.74) is 2.24. The average molecular weight is 407 g/mol. The molecule has 0 atom stereocenters. The van der Waals surface area contributed by atoms with Crippen molar-refractivity contribution in [3.05, 3.63) is 35.2 Å². The number of sulfonamides is 1. The van der Waals surface area contributed by atoms with E-state index in [2.05, 4.69) is 10.4 Å². The minimum absolute atomic E-state index is 0.0775. The fourth-order valence-corrected chi connectivity index (χ4v) is 5.10. The number of nitrogens with one attached hydrogen (secondary N) is 1. The first-order chi connectivity index (χ1) is 13.3. The van der Waals surface area contributed by atoms with E-state index in [-0.39, 0.29) is 10.8 Å². The molecule has 2 aromatic rings. The van der Waals surface area contributed by atoms with Crippen LogP contribution >= 0.6 is 0 Å². The van der Waals surface area contributed by atoms with Gasteiger partial charge in [0.1, 0.15) is 10.6 Å². The number of carbonyl (C=O) groups excluding carboxylic acids is 1. The van der Waals surface area contributed by atoms with Crippen LogP contribution in [0.2, 0.25) is 0 Å². The Hall–Kier alpha value is -2.39. The van der Waals surface area contributed by atoms with Gasteiger partial charge in [-0.05, 0) is 51.8 Å². The maximum absolute atomic E-state index is 13.1. The lowest BCUT2D eigenvalue weighted by Crippen LogP contribution is -2.28. The normalized spacial score (nSPS) is 15.0. The molecule has 28 heavy (non-hydrogen) atoms. The lowest BCUT2D eigenvalue weighted by molar-refractivity contribution is 0.102. The fourth-order valence-electron chi connectivity index (χ4n) is 3.43. The van der Waals surface area contributed by atoms with E-state index in [0.29, 0.717) is 42.4 Å². The zero-order chi connectivity index (χ0) is 20.5. The van der Waals surface area contributed by atoms with Crippen molar-refractivity contribution in [1.29, 1.82) is 0 Å². The second-order valence-electron chi connectivity index (χ2n) is 6.83. The van der Waals surface area contributed by atoms with Crippen molar-refractivity contribution < 1.29 is 17.9 Å². The number of anilines is 1. The predicted molar refractivity (Wildman–Crippen MR) is 106 cm³/mol. The van der Waals surface area contributed by atoms with Gasteiger partial charge in [-0.15, -0.1) is 0 Å². The summed E-state index contributed by atoms with van der Waals surface area (Å²) >= 11 is 0. The smallest absolute Gasteiger partial charge is 0.259 e. The Labute approximate surface area is 165 Å². The Morgan fingerprint density at radius 3 is 2.50 bits per heavy atom. The van der Waals surface area contributed by atoms with Crippen LogP contribution in [0.1, 0.15) is 41.5 Å². The number of ether oxygens (including phenoxy) is 1. The van der Waals surface area contributed by atoms with Crippen LogP contribution in [0.4, 0.5) is 5.69 Å². The first kappa shape index (κ1) is 20.3. The van der Waals surface area contributed by atoms with Gasteiger partial charge in [-0.3, -0.25) is 9.48 Å². The number of benzene rings is 1. The van der Waals surface area contributed by atoms with E-state index in [0.717, 1.165) is 18.5 Å². The molecule has 1 saturated heterocycles. The molecule has 8 nitrogen and oxygen atoms in total. The number of aromatic nitrogens is 2. The molecule has 1 aliphatic rings. The van der Waals surface area contributed by atoms with E-state index >= 15 is 0 Å². The summed E-state index contributed by atoms with van der Waals surface area (Å²) in [5, 5.41) is 7.05. The summed E-state index contributed by atoms with van der Waals surface area (Å²) < 4.78 is 34.8. The van der Waals surface area contributed by atoms with Crippen LogP contribution in [-0.2, 0) is 17.1 Å². The van der Waals surface area contributed by atoms with E-state index in [4.69, 9.17) is 4.74 Å². The van der Waals surface area contributed by atoms with E-state index in [1.807, 2.05) is 6.92 Å². The van der Waals surface area contributed by atoms with Crippen molar-refractivity contribution in [2.24, 2.45) is 7.05 Å². The number of rotatable bonds is 6. The summed E-state index contributed by atoms with van der Waals surface area (Å²) in [6.45, 7) is 6.73. The molecule has 2 heterocycles. The Morgan fingerprint density at radius 1 is 1.25 bits per heavy atom. The maximum Gasteiger partial charge on any atom is 0.259 e. The molecule has 0 radical (unpaired) electrons. The van der Waals surface area contributed by atoms with Crippen molar-refractivity contribution in [1.82, 2.24) is 14.1 Å². The lowest BCUT2D eigenvalue weighted by atomic mass is 10.2. The monoisotopic (exact) mass is 406 g/mol. The second kappa shape index (κ2) is 7.92. The number of hydrogen-bond acceptors (Lipinski definition) is 5. The molecule has 9 heteroatoms. The third kappa shape index (κ3) is 3.77. The fraction of sp³-hybridized carbons (Fsp3) is 0.474. The molecule has 1 aromatic carbocycles. The van der Waals surface area contributed by atoms with Crippen LogP contribution < -0.4 is 10.1 Å². The van der Waals surface area contributed by atoms with Crippen molar-refractivity contribution in [2.45, 2.75) is 38.5 Å². The summed E-state index contributed by atoms with van der Waals surface area (Å²) in [6, 6.07) is 4.70. The molecule has 1 aliphatic heterocycles. The third-order valence-electron chi connectivity index (χ3n) is 4.92.